The average Bonchev–Trinajstić information content (AvgIpc) is 3.36. The second kappa shape index (κ2) is 6.44. The van der Waals surface area contributed by atoms with E-state index in [1.54, 1.807) is 12.3 Å². The molecule has 3 N–H and O–H groups in total. The lowest BCUT2D eigenvalue weighted by Gasteiger charge is -2.14. The van der Waals surface area contributed by atoms with Gasteiger partial charge in [0.1, 0.15) is 5.56 Å². The molecule has 0 spiro atoms. The first-order valence-electron chi connectivity index (χ1n) is 8.35. The normalized spacial score (nSPS) is 14.1. The third kappa shape index (κ3) is 3.09. The van der Waals surface area contributed by atoms with Gasteiger partial charge >= 0.3 is 0 Å². The zero-order chi connectivity index (χ0) is 16.4. The van der Waals surface area contributed by atoms with E-state index in [0.29, 0.717) is 23.7 Å². The number of nitrogens with zero attached hydrogens (tertiary/aromatic N) is 1. The third-order valence-corrected chi connectivity index (χ3v) is 4.34. The molecule has 1 aromatic heterocycles. The van der Waals surface area contributed by atoms with E-state index < -0.39 is 0 Å². The molecule has 0 saturated heterocycles. The molecule has 122 valence electrons. The summed E-state index contributed by atoms with van der Waals surface area (Å²) in [6.45, 7) is 2.71. The number of benzene rings is 1. The molecule has 5 nitrogen and oxygen atoms in total. The van der Waals surface area contributed by atoms with Gasteiger partial charge in [0.2, 0.25) is 5.43 Å². The first-order valence-corrected chi connectivity index (χ1v) is 8.35. The number of amides is 1. The zero-order valence-corrected chi connectivity index (χ0v) is 13.5. The van der Waals surface area contributed by atoms with Gasteiger partial charge in [-0.3, -0.25) is 9.59 Å². The van der Waals surface area contributed by atoms with E-state index in [1.165, 1.54) is 0 Å². The fourth-order valence-corrected chi connectivity index (χ4v) is 2.91. The summed E-state index contributed by atoms with van der Waals surface area (Å²) < 4.78 is 2.04. The number of carbonyl (C=O) groups is 1. The van der Waals surface area contributed by atoms with Gasteiger partial charge in [0.15, 0.2) is 0 Å². The van der Waals surface area contributed by atoms with E-state index in [-0.39, 0.29) is 16.9 Å². The molecule has 1 saturated carbocycles. The van der Waals surface area contributed by atoms with Crippen molar-refractivity contribution in [2.24, 2.45) is 0 Å². The molecule has 3 rings (SSSR count). The molecule has 0 radical (unpaired) electrons. The molecule has 1 fully saturated rings. The summed E-state index contributed by atoms with van der Waals surface area (Å²) in [6, 6.07) is 5.82. The minimum Gasteiger partial charge on any atom is -0.398 e. The fraction of sp³-hybridized carbons (Fsp3) is 0.444. The van der Waals surface area contributed by atoms with Crippen molar-refractivity contribution in [3.8, 4) is 0 Å². The number of aromatic nitrogens is 1. The number of rotatable bonds is 6. The first-order chi connectivity index (χ1) is 11.1. The number of nitrogen functional groups attached to an aromatic ring is 1. The highest BCUT2D eigenvalue weighted by atomic mass is 16.2. The Kier molecular flexibility index (Phi) is 4.37. The summed E-state index contributed by atoms with van der Waals surface area (Å²) in [6.07, 6.45) is 6.94. The van der Waals surface area contributed by atoms with Gasteiger partial charge in [0.25, 0.3) is 5.91 Å². The molecule has 0 unspecified atom stereocenters. The van der Waals surface area contributed by atoms with E-state index >= 15 is 0 Å². The first kappa shape index (κ1) is 15.6. The van der Waals surface area contributed by atoms with Crippen molar-refractivity contribution in [3.05, 3.63) is 40.2 Å². The number of hydrogen-bond donors (Lipinski definition) is 2. The number of unbranched alkanes of at least 4 members (excludes halogenated alkanes) is 2. The van der Waals surface area contributed by atoms with E-state index in [1.807, 2.05) is 16.7 Å². The van der Waals surface area contributed by atoms with Gasteiger partial charge in [0, 0.05) is 24.5 Å². The molecule has 1 heterocycles. The highest BCUT2D eigenvalue weighted by molar-refractivity contribution is 6.00. The second-order valence-electron chi connectivity index (χ2n) is 6.21. The van der Waals surface area contributed by atoms with Crippen LogP contribution in [0, 0.1) is 0 Å². The van der Waals surface area contributed by atoms with Crippen LogP contribution < -0.4 is 16.5 Å². The summed E-state index contributed by atoms with van der Waals surface area (Å²) in [5.74, 6) is -0.300. The van der Waals surface area contributed by atoms with Crippen LogP contribution in [0.4, 0.5) is 5.69 Å². The maximum absolute atomic E-state index is 12.7. The Hall–Kier alpha value is -2.30. The zero-order valence-electron chi connectivity index (χ0n) is 13.5. The molecule has 1 aromatic carbocycles. The lowest BCUT2D eigenvalue weighted by molar-refractivity contribution is 0.0951. The Labute approximate surface area is 135 Å². The SMILES string of the molecule is CCCCCNC(=O)c1cn(C2CC2)c2cccc(N)c2c1=O. The second-order valence-corrected chi connectivity index (χ2v) is 6.21. The Balaban J connectivity index is 2.00. The standard InChI is InChI=1S/C18H23N3O2/c1-2-3-4-10-20-18(23)13-11-21(12-8-9-12)15-7-5-6-14(19)16(15)17(13)22/h5-7,11-12H,2-4,8-10,19H2,1H3,(H,20,23). The molecule has 0 aliphatic heterocycles. The third-order valence-electron chi connectivity index (χ3n) is 4.34. The molecule has 1 amide bonds. The smallest absolute Gasteiger partial charge is 0.256 e. The van der Waals surface area contributed by atoms with E-state index in [4.69, 9.17) is 5.73 Å². The molecule has 5 heteroatoms. The number of hydrogen-bond acceptors (Lipinski definition) is 3. The number of fused-ring (bicyclic) bond motifs is 1. The lowest BCUT2D eigenvalue weighted by atomic mass is 10.1. The van der Waals surface area contributed by atoms with Crippen molar-refractivity contribution in [1.82, 2.24) is 9.88 Å². The van der Waals surface area contributed by atoms with Crippen LogP contribution in [0.2, 0.25) is 0 Å². The quantitative estimate of drug-likeness (QED) is 0.636. The predicted molar refractivity (Wildman–Crippen MR) is 92.7 cm³/mol. The molecular weight excluding hydrogens is 290 g/mol. The fourth-order valence-electron chi connectivity index (χ4n) is 2.91. The Bertz CT molecular complexity index is 791. The highest BCUT2D eigenvalue weighted by Crippen LogP contribution is 2.37. The van der Waals surface area contributed by atoms with Crippen LogP contribution in [-0.2, 0) is 0 Å². The van der Waals surface area contributed by atoms with Gasteiger partial charge < -0.3 is 15.6 Å². The number of anilines is 1. The number of pyridine rings is 1. The Morgan fingerprint density at radius 2 is 2.13 bits per heavy atom. The molecular formula is C18H23N3O2. The molecule has 0 bridgehead atoms. The molecule has 2 aromatic rings. The summed E-state index contributed by atoms with van der Waals surface area (Å²) >= 11 is 0. The van der Waals surface area contributed by atoms with Gasteiger partial charge in [-0.05, 0) is 31.4 Å². The largest absolute Gasteiger partial charge is 0.398 e. The van der Waals surface area contributed by atoms with Crippen LogP contribution in [0.5, 0.6) is 0 Å². The number of nitrogens with two attached hydrogens (primary N) is 1. The summed E-state index contributed by atoms with van der Waals surface area (Å²) in [5.41, 5.74) is 7.18. The summed E-state index contributed by atoms with van der Waals surface area (Å²) in [5, 5.41) is 3.31. The van der Waals surface area contributed by atoms with Crippen LogP contribution in [0.1, 0.15) is 55.4 Å². The van der Waals surface area contributed by atoms with Gasteiger partial charge in [0.05, 0.1) is 10.9 Å². The van der Waals surface area contributed by atoms with E-state index in [0.717, 1.165) is 37.6 Å². The van der Waals surface area contributed by atoms with Crippen LogP contribution in [0.25, 0.3) is 10.9 Å². The average molecular weight is 313 g/mol. The summed E-state index contributed by atoms with van der Waals surface area (Å²) in [4.78, 5) is 25.1. The van der Waals surface area contributed by atoms with Crippen LogP contribution in [0.3, 0.4) is 0 Å². The Morgan fingerprint density at radius 3 is 2.83 bits per heavy atom. The van der Waals surface area contributed by atoms with E-state index in [2.05, 4.69) is 12.2 Å². The minimum atomic E-state index is -0.300. The van der Waals surface area contributed by atoms with Gasteiger partial charge in [-0.15, -0.1) is 0 Å². The molecule has 1 aliphatic rings. The Morgan fingerprint density at radius 1 is 1.35 bits per heavy atom. The maximum Gasteiger partial charge on any atom is 0.256 e. The van der Waals surface area contributed by atoms with Crippen LogP contribution in [0.15, 0.2) is 29.2 Å². The monoisotopic (exact) mass is 313 g/mol. The van der Waals surface area contributed by atoms with Crippen LogP contribution in [-0.4, -0.2) is 17.0 Å². The van der Waals surface area contributed by atoms with Crippen molar-refractivity contribution in [2.45, 2.75) is 45.1 Å². The lowest BCUT2D eigenvalue weighted by Crippen LogP contribution is -2.30. The van der Waals surface area contributed by atoms with Crippen molar-refractivity contribution in [3.63, 3.8) is 0 Å². The van der Waals surface area contributed by atoms with Gasteiger partial charge in [-0.2, -0.15) is 0 Å². The molecule has 23 heavy (non-hydrogen) atoms. The molecule has 0 atom stereocenters. The van der Waals surface area contributed by atoms with Gasteiger partial charge in [-0.1, -0.05) is 25.8 Å². The number of carbonyl (C=O) groups excluding carboxylic acids is 1. The van der Waals surface area contributed by atoms with Crippen LogP contribution >= 0.6 is 0 Å². The van der Waals surface area contributed by atoms with Gasteiger partial charge in [-0.25, -0.2) is 0 Å². The molecule has 1 aliphatic carbocycles. The van der Waals surface area contributed by atoms with Crippen molar-refractivity contribution in [1.29, 1.82) is 0 Å². The van der Waals surface area contributed by atoms with Crippen molar-refractivity contribution in [2.75, 3.05) is 12.3 Å². The number of nitrogens with one attached hydrogen (secondary N) is 1. The summed E-state index contributed by atoms with van der Waals surface area (Å²) in [7, 11) is 0. The maximum atomic E-state index is 12.7. The topological polar surface area (TPSA) is 77.1 Å². The highest BCUT2D eigenvalue weighted by Gasteiger charge is 2.27. The van der Waals surface area contributed by atoms with Crippen molar-refractivity contribution < 1.29 is 4.79 Å². The van der Waals surface area contributed by atoms with Crippen molar-refractivity contribution >= 4 is 22.5 Å². The van der Waals surface area contributed by atoms with E-state index in [9.17, 15) is 9.59 Å². The predicted octanol–water partition coefficient (Wildman–Crippen LogP) is 2.84. The minimum absolute atomic E-state index is 0.193.